The second-order valence-corrected chi connectivity index (χ2v) is 5.93. The molecule has 0 spiro atoms. The first-order chi connectivity index (χ1) is 9.90. The van der Waals surface area contributed by atoms with Crippen LogP contribution in [0.5, 0.6) is 0 Å². The third-order valence-electron chi connectivity index (χ3n) is 3.38. The minimum atomic E-state index is -1.08. The highest BCUT2D eigenvalue weighted by atomic mass is 32.1. The molecule has 3 nitrogen and oxygen atoms in total. The summed E-state index contributed by atoms with van der Waals surface area (Å²) in [6.07, 6.45) is 0.698. The van der Waals surface area contributed by atoms with Crippen LogP contribution >= 0.6 is 11.3 Å². The number of rotatable bonds is 4. The lowest BCUT2D eigenvalue weighted by atomic mass is 10.1. The van der Waals surface area contributed by atoms with Crippen LogP contribution in [0, 0.1) is 11.6 Å². The van der Waals surface area contributed by atoms with Gasteiger partial charge in [0.2, 0.25) is 0 Å². The first kappa shape index (κ1) is 15.4. The van der Waals surface area contributed by atoms with E-state index >= 15 is 0 Å². The van der Waals surface area contributed by atoms with Crippen molar-refractivity contribution in [1.29, 1.82) is 0 Å². The molecule has 0 saturated carbocycles. The van der Waals surface area contributed by atoms with E-state index in [1.807, 2.05) is 24.4 Å². The highest BCUT2D eigenvalue weighted by Crippen LogP contribution is 2.20. The van der Waals surface area contributed by atoms with Crippen LogP contribution in [0.25, 0.3) is 0 Å². The number of likely N-dealkylation sites (N-methyl/N-ethyl adjacent to an activating group) is 1. The van der Waals surface area contributed by atoms with Gasteiger partial charge in [0.25, 0.3) is 5.91 Å². The Morgan fingerprint density at radius 1 is 1.38 bits per heavy atom. The quantitative estimate of drug-likeness (QED) is 0.881. The van der Waals surface area contributed by atoms with E-state index in [1.54, 1.807) is 18.4 Å². The molecule has 1 amide bonds. The summed E-state index contributed by atoms with van der Waals surface area (Å²) in [5.74, 6) is -2.55. The maximum absolute atomic E-state index is 13.3. The number of nitrogens with two attached hydrogens (primary N) is 1. The maximum Gasteiger partial charge on any atom is 0.256 e. The minimum Gasteiger partial charge on any atom is -0.398 e. The van der Waals surface area contributed by atoms with Crippen molar-refractivity contribution in [1.82, 2.24) is 4.90 Å². The van der Waals surface area contributed by atoms with Crippen LogP contribution in [-0.2, 0) is 6.42 Å². The third-order valence-corrected chi connectivity index (χ3v) is 4.28. The van der Waals surface area contributed by atoms with Gasteiger partial charge in [-0.05, 0) is 24.4 Å². The Kier molecular flexibility index (Phi) is 4.57. The second kappa shape index (κ2) is 6.22. The number of hydrogen-bond acceptors (Lipinski definition) is 3. The van der Waals surface area contributed by atoms with Crippen molar-refractivity contribution >= 4 is 22.9 Å². The molecule has 2 aromatic rings. The number of nitrogen functional groups attached to an aromatic ring is 1. The zero-order valence-corrected chi connectivity index (χ0v) is 12.6. The van der Waals surface area contributed by atoms with Gasteiger partial charge in [-0.25, -0.2) is 8.78 Å². The summed E-state index contributed by atoms with van der Waals surface area (Å²) < 4.78 is 26.3. The van der Waals surface area contributed by atoms with E-state index in [0.29, 0.717) is 6.42 Å². The van der Waals surface area contributed by atoms with Gasteiger partial charge < -0.3 is 10.6 Å². The van der Waals surface area contributed by atoms with E-state index in [9.17, 15) is 13.6 Å². The van der Waals surface area contributed by atoms with E-state index in [-0.39, 0.29) is 17.3 Å². The summed E-state index contributed by atoms with van der Waals surface area (Å²) in [6, 6.07) is 5.54. The number of carbonyl (C=O) groups is 1. The van der Waals surface area contributed by atoms with Crippen LogP contribution in [0.3, 0.4) is 0 Å². The van der Waals surface area contributed by atoms with E-state index < -0.39 is 17.5 Å². The van der Waals surface area contributed by atoms with Crippen LogP contribution in [-0.4, -0.2) is 23.9 Å². The van der Waals surface area contributed by atoms with Crippen LogP contribution in [0.15, 0.2) is 29.6 Å². The Balaban J connectivity index is 2.17. The fourth-order valence-electron chi connectivity index (χ4n) is 1.99. The predicted molar refractivity (Wildman–Crippen MR) is 80.3 cm³/mol. The number of thiophene rings is 1. The highest BCUT2D eigenvalue weighted by molar-refractivity contribution is 7.09. The monoisotopic (exact) mass is 310 g/mol. The number of carbonyl (C=O) groups excluding carboxylic acids is 1. The van der Waals surface area contributed by atoms with Crippen molar-refractivity contribution in [2.75, 3.05) is 12.8 Å². The number of amides is 1. The molecular formula is C15H16F2N2OS. The van der Waals surface area contributed by atoms with E-state index in [4.69, 9.17) is 5.73 Å². The number of benzene rings is 1. The summed E-state index contributed by atoms with van der Waals surface area (Å²) in [5, 5.41) is 1.97. The molecule has 0 saturated heterocycles. The van der Waals surface area contributed by atoms with Crippen LogP contribution in [0.1, 0.15) is 22.2 Å². The summed E-state index contributed by atoms with van der Waals surface area (Å²) in [5.41, 5.74) is 5.53. The molecule has 0 aliphatic heterocycles. The van der Waals surface area contributed by atoms with Crippen molar-refractivity contribution in [3.05, 3.63) is 51.7 Å². The van der Waals surface area contributed by atoms with Crippen molar-refractivity contribution in [3.8, 4) is 0 Å². The molecule has 1 atom stereocenters. The molecule has 1 aromatic carbocycles. The smallest absolute Gasteiger partial charge is 0.256 e. The fraction of sp³-hybridized carbons (Fsp3) is 0.267. The van der Waals surface area contributed by atoms with Gasteiger partial charge in [0.15, 0.2) is 11.6 Å². The topological polar surface area (TPSA) is 46.3 Å². The zero-order chi connectivity index (χ0) is 15.6. The molecule has 0 bridgehead atoms. The lowest BCUT2D eigenvalue weighted by Gasteiger charge is -2.25. The van der Waals surface area contributed by atoms with Crippen molar-refractivity contribution in [3.63, 3.8) is 0 Å². The van der Waals surface area contributed by atoms with E-state index in [0.717, 1.165) is 17.0 Å². The zero-order valence-electron chi connectivity index (χ0n) is 11.8. The number of hydrogen-bond donors (Lipinski definition) is 1. The van der Waals surface area contributed by atoms with Gasteiger partial charge in [0.1, 0.15) is 0 Å². The molecule has 0 aliphatic rings. The van der Waals surface area contributed by atoms with Gasteiger partial charge in [-0.2, -0.15) is 0 Å². The first-order valence-corrected chi connectivity index (χ1v) is 7.32. The van der Waals surface area contributed by atoms with Gasteiger partial charge in [0.05, 0.1) is 5.56 Å². The average molecular weight is 310 g/mol. The Morgan fingerprint density at radius 3 is 2.67 bits per heavy atom. The minimum absolute atomic E-state index is 0.0190. The van der Waals surface area contributed by atoms with Crippen LogP contribution in [0.2, 0.25) is 0 Å². The van der Waals surface area contributed by atoms with Gasteiger partial charge >= 0.3 is 0 Å². The maximum atomic E-state index is 13.3. The summed E-state index contributed by atoms with van der Waals surface area (Å²) in [7, 11) is 1.63. The van der Waals surface area contributed by atoms with Crippen LogP contribution < -0.4 is 5.73 Å². The molecule has 1 unspecified atom stereocenters. The molecule has 2 N–H and O–H groups in total. The number of halogens is 2. The number of nitrogens with zero attached hydrogens (tertiary/aromatic N) is 1. The Hall–Kier alpha value is -1.95. The van der Waals surface area contributed by atoms with Crippen molar-refractivity contribution in [2.24, 2.45) is 0 Å². The molecule has 1 aromatic heterocycles. The molecule has 6 heteroatoms. The molecular weight excluding hydrogens is 294 g/mol. The lowest BCUT2D eigenvalue weighted by Crippen LogP contribution is -2.36. The second-order valence-electron chi connectivity index (χ2n) is 4.90. The molecule has 112 valence electrons. The largest absolute Gasteiger partial charge is 0.398 e. The highest BCUT2D eigenvalue weighted by Gasteiger charge is 2.21. The molecule has 1 heterocycles. The summed E-state index contributed by atoms with van der Waals surface area (Å²) in [4.78, 5) is 15.0. The standard InChI is InChI=1S/C15H16F2N2OS/c1-9(6-10-4-3-5-21-10)19(2)15(20)11-7-12(16)13(17)8-14(11)18/h3-5,7-9H,6,18H2,1-2H3. The molecule has 0 radical (unpaired) electrons. The normalized spacial score (nSPS) is 12.2. The summed E-state index contributed by atoms with van der Waals surface area (Å²) in [6.45, 7) is 1.90. The Labute approximate surface area is 126 Å². The first-order valence-electron chi connectivity index (χ1n) is 6.44. The number of anilines is 1. The van der Waals surface area contributed by atoms with Crippen molar-refractivity contribution in [2.45, 2.75) is 19.4 Å². The Morgan fingerprint density at radius 2 is 2.05 bits per heavy atom. The van der Waals surface area contributed by atoms with Crippen LogP contribution in [0.4, 0.5) is 14.5 Å². The SMILES string of the molecule is CC(Cc1cccs1)N(C)C(=O)c1cc(F)c(F)cc1N. The molecule has 0 aliphatic carbocycles. The molecule has 0 fully saturated rings. The van der Waals surface area contributed by atoms with Crippen molar-refractivity contribution < 1.29 is 13.6 Å². The Bertz CT molecular complexity index is 643. The lowest BCUT2D eigenvalue weighted by molar-refractivity contribution is 0.0744. The van der Waals surface area contributed by atoms with E-state index in [2.05, 4.69) is 0 Å². The third kappa shape index (κ3) is 3.39. The average Bonchev–Trinajstić information content (AvgIpc) is 2.94. The van der Waals surface area contributed by atoms with Gasteiger partial charge in [-0.1, -0.05) is 6.07 Å². The van der Waals surface area contributed by atoms with Gasteiger partial charge in [-0.15, -0.1) is 11.3 Å². The fourth-order valence-corrected chi connectivity index (χ4v) is 2.82. The summed E-state index contributed by atoms with van der Waals surface area (Å²) >= 11 is 1.61. The molecule has 2 rings (SSSR count). The molecule has 21 heavy (non-hydrogen) atoms. The van der Waals surface area contributed by atoms with Gasteiger partial charge in [-0.3, -0.25) is 4.79 Å². The predicted octanol–water partition coefficient (Wildman–Crippen LogP) is 3.31. The van der Waals surface area contributed by atoms with Gasteiger partial charge in [0, 0.05) is 36.1 Å². The van der Waals surface area contributed by atoms with E-state index in [1.165, 1.54) is 4.90 Å².